The van der Waals surface area contributed by atoms with Crippen LogP contribution >= 0.6 is 0 Å². The molecule has 5 unspecified atom stereocenters. The Bertz CT molecular complexity index is 498. The zero-order chi connectivity index (χ0) is 19.7. The average molecular weight is 364 g/mol. The van der Waals surface area contributed by atoms with Crippen molar-refractivity contribution in [2.75, 3.05) is 13.2 Å². The van der Waals surface area contributed by atoms with E-state index in [0.717, 1.165) is 0 Å². The molecular formula is C13H24N4O8. The number of hydrogen-bond acceptors (Lipinski definition) is 8. The number of nitrogens with one attached hydrogen (secondary N) is 3. The molecule has 12 heteroatoms. The molecule has 0 saturated carbocycles. The smallest absolute Gasteiger partial charge is 0.328 e. The standard InChI is InChI=1S/C13H24N4O8/c1-5(15-12(23)9(14)6(2)20)10(21)16-7(3-18)11(22)17-8(4-19)13(24)25/h5-9,18-20H,3-4,14H2,1-2H3,(H,15,23)(H,16,21)(H,17,22)(H,24,25). The number of carboxylic acids is 1. The van der Waals surface area contributed by atoms with Crippen molar-refractivity contribution in [2.45, 2.75) is 44.1 Å². The van der Waals surface area contributed by atoms with Gasteiger partial charge in [0, 0.05) is 0 Å². The minimum absolute atomic E-state index is 0.797. The summed E-state index contributed by atoms with van der Waals surface area (Å²) in [5.74, 6) is -4.17. The van der Waals surface area contributed by atoms with Crippen LogP contribution in [0.15, 0.2) is 0 Å². The number of carbonyl (C=O) groups excluding carboxylic acids is 3. The van der Waals surface area contributed by atoms with E-state index in [-0.39, 0.29) is 0 Å². The van der Waals surface area contributed by atoms with E-state index in [4.69, 9.17) is 21.1 Å². The number of aliphatic carboxylic acids is 1. The van der Waals surface area contributed by atoms with Crippen molar-refractivity contribution in [3.05, 3.63) is 0 Å². The molecule has 0 bridgehead atoms. The number of carboxylic acid groups (broad SMARTS) is 1. The van der Waals surface area contributed by atoms with E-state index in [9.17, 15) is 24.3 Å². The van der Waals surface area contributed by atoms with Crippen LogP contribution < -0.4 is 21.7 Å². The monoisotopic (exact) mass is 364 g/mol. The van der Waals surface area contributed by atoms with Crippen LogP contribution in [0.1, 0.15) is 13.8 Å². The van der Waals surface area contributed by atoms with Crippen LogP contribution in [-0.2, 0) is 19.2 Å². The lowest BCUT2D eigenvalue weighted by Gasteiger charge is -2.22. The van der Waals surface area contributed by atoms with Gasteiger partial charge in [-0.2, -0.15) is 0 Å². The van der Waals surface area contributed by atoms with Gasteiger partial charge in [-0.05, 0) is 13.8 Å². The number of carbonyl (C=O) groups is 4. The molecular weight excluding hydrogens is 340 g/mol. The van der Waals surface area contributed by atoms with Crippen LogP contribution in [-0.4, -0.2) is 87.6 Å². The molecule has 144 valence electrons. The molecule has 12 nitrogen and oxygen atoms in total. The highest BCUT2D eigenvalue weighted by Gasteiger charge is 2.28. The van der Waals surface area contributed by atoms with Gasteiger partial charge in [-0.3, -0.25) is 14.4 Å². The van der Waals surface area contributed by atoms with E-state index in [2.05, 4.69) is 10.6 Å². The van der Waals surface area contributed by atoms with Crippen LogP contribution in [0.2, 0.25) is 0 Å². The summed E-state index contributed by atoms with van der Waals surface area (Å²) in [6.45, 7) is 0.851. The SMILES string of the molecule is CC(NC(=O)C(N)C(C)O)C(=O)NC(CO)C(=O)NC(CO)C(=O)O. The van der Waals surface area contributed by atoms with Gasteiger partial charge in [-0.15, -0.1) is 0 Å². The summed E-state index contributed by atoms with van der Waals surface area (Å²) in [6, 6.07) is -5.49. The maximum atomic E-state index is 11.9. The van der Waals surface area contributed by atoms with Gasteiger partial charge in [-0.1, -0.05) is 0 Å². The Morgan fingerprint density at radius 3 is 1.76 bits per heavy atom. The normalized spacial score (nSPS) is 16.7. The zero-order valence-corrected chi connectivity index (χ0v) is 13.8. The Balaban J connectivity index is 4.74. The number of rotatable bonds is 10. The fraction of sp³-hybridized carbons (Fsp3) is 0.692. The minimum atomic E-state index is -1.60. The molecule has 5 atom stereocenters. The van der Waals surface area contributed by atoms with E-state index in [1.807, 2.05) is 5.32 Å². The van der Waals surface area contributed by atoms with E-state index in [0.29, 0.717) is 0 Å². The largest absolute Gasteiger partial charge is 0.480 e. The van der Waals surface area contributed by atoms with Crippen LogP contribution in [0.3, 0.4) is 0 Å². The van der Waals surface area contributed by atoms with E-state index >= 15 is 0 Å². The quantitative estimate of drug-likeness (QED) is 0.187. The van der Waals surface area contributed by atoms with Crippen molar-refractivity contribution in [1.82, 2.24) is 16.0 Å². The van der Waals surface area contributed by atoms with Gasteiger partial charge in [0.1, 0.15) is 24.2 Å². The predicted octanol–water partition coefficient (Wildman–Crippen LogP) is -4.76. The molecule has 0 saturated heterocycles. The maximum absolute atomic E-state index is 11.9. The van der Waals surface area contributed by atoms with E-state index in [1.165, 1.54) is 13.8 Å². The Hall–Kier alpha value is -2.28. The summed E-state index contributed by atoms with van der Waals surface area (Å²) in [6.07, 6.45) is -1.14. The molecule has 0 rings (SSSR count). The van der Waals surface area contributed by atoms with Crippen LogP contribution in [0.4, 0.5) is 0 Å². The summed E-state index contributed by atoms with van der Waals surface area (Å²) >= 11 is 0. The lowest BCUT2D eigenvalue weighted by Crippen LogP contribution is -2.58. The first kappa shape index (κ1) is 22.7. The van der Waals surface area contributed by atoms with Gasteiger partial charge < -0.3 is 42.1 Å². The number of aliphatic hydroxyl groups excluding tert-OH is 3. The first-order valence-corrected chi connectivity index (χ1v) is 7.34. The number of amides is 3. The highest BCUT2D eigenvalue weighted by Crippen LogP contribution is 1.94. The molecule has 0 aliphatic rings. The van der Waals surface area contributed by atoms with Gasteiger partial charge in [0.2, 0.25) is 17.7 Å². The zero-order valence-electron chi connectivity index (χ0n) is 13.8. The molecule has 0 aliphatic heterocycles. The summed E-state index contributed by atoms with van der Waals surface area (Å²) in [5, 5.41) is 42.2. The number of aliphatic hydroxyl groups is 3. The molecule has 0 aromatic rings. The van der Waals surface area contributed by atoms with Crippen LogP contribution in [0.5, 0.6) is 0 Å². The Morgan fingerprint density at radius 1 is 0.880 bits per heavy atom. The highest BCUT2D eigenvalue weighted by molar-refractivity contribution is 5.94. The highest BCUT2D eigenvalue weighted by atomic mass is 16.4. The Labute approximate surface area is 143 Å². The molecule has 25 heavy (non-hydrogen) atoms. The van der Waals surface area contributed by atoms with Gasteiger partial charge >= 0.3 is 5.97 Å². The molecule has 0 heterocycles. The third-order valence-corrected chi connectivity index (χ3v) is 3.19. The van der Waals surface area contributed by atoms with Crippen molar-refractivity contribution < 1.29 is 39.6 Å². The summed E-state index contributed by atoms with van der Waals surface area (Å²) in [5.41, 5.74) is 5.41. The first-order chi connectivity index (χ1) is 11.5. The third kappa shape index (κ3) is 7.43. The molecule has 0 aromatic heterocycles. The molecule has 0 radical (unpaired) electrons. The first-order valence-electron chi connectivity index (χ1n) is 7.34. The van der Waals surface area contributed by atoms with Gasteiger partial charge in [0.05, 0.1) is 19.3 Å². The topological polar surface area (TPSA) is 211 Å². The molecule has 0 aliphatic carbocycles. The number of nitrogens with two attached hydrogens (primary N) is 1. The second-order valence-corrected chi connectivity index (χ2v) is 5.32. The van der Waals surface area contributed by atoms with E-state index in [1.54, 1.807) is 0 Å². The van der Waals surface area contributed by atoms with E-state index < -0.39 is 67.2 Å². The van der Waals surface area contributed by atoms with Crippen LogP contribution in [0, 0.1) is 0 Å². The lowest BCUT2D eigenvalue weighted by atomic mass is 10.1. The average Bonchev–Trinajstić information content (AvgIpc) is 2.55. The fourth-order valence-corrected chi connectivity index (χ4v) is 1.54. The Kier molecular flexibility index (Phi) is 9.59. The number of hydrogen-bond donors (Lipinski definition) is 8. The van der Waals surface area contributed by atoms with Crippen molar-refractivity contribution in [2.24, 2.45) is 5.73 Å². The van der Waals surface area contributed by atoms with Crippen molar-refractivity contribution in [3.63, 3.8) is 0 Å². The van der Waals surface area contributed by atoms with Gasteiger partial charge in [0.25, 0.3) is 0 Å². The minimum Gasteiger partial charge on any atom is -0.480 e. The lowest BCUT2D eigenvalue weighted by molar-refractivity contribution is -0.143. The van der Waals surface area contributed by atoms with Crippen molar-refractivity contribution >= 4 is 23.7 Å². The predicted molar refractivity (Wildman–Crippen MR) is 82.9 cm³/mol. The second-order valence-electron chi connectivity index (χ2n) is 5.32. The summed E-state index contributed by atoms with van der Waals surface area (Å²) in [4.78, 5) is 46.2. The second kappa shape index (κ2) is 10.6. The third-order valence-electron chi connectivity index (χ3n) is 3.19. The maximum Gasteiger partial charge on any atom is 0.328 e. The molecule has 0 fully saturated rings. The molecule has 9 N–H and O–H groups in total. The van der Waals surface area contributed by atoms with Crippen molar-refractivity contribution in [3.8, 4) is 0 Å². The summed E-state index contributed by atoms with van der Waals surface area (Å²) in [7, 11) is 0. The molecule has 0 spiro atoms. The molecule has 3 amide bonds. The van der Waals surface area contributed by atoms with Gasteiger partial charge in [-0.25, -0.2) is 4.79 Å². The van der Waals surface area contributed by atoms with Crippen molar-refractivity contribution in [1.29, 1.82) is 0 Å². The fourth-order valence-electron chi connectivity index (χ4n) is 1.54. The summed E-state index contributed by atoms with van der Waals surface area (Å²) < 4.78 is 0. The molecule has 0 aromatic carbocycles. The van der Waals surface area contributed by atoms with Gasteiger partial charge in [0.15, 0.2) is 0 Å². The Morgan fingerprint density at radius 2 is 1.36 bits per heavy atom. The van der Waals surface area contributed by atoms with Crippen LogP contribution in [0.25, 0.3) is 0 Å².